The predicted octanol–water partition coefficient (Wildman–Crippen LogP) is 8.12. The maximum atomic E-state index is 3.16. The van der Waals surface area contributed by atoms with Gasteiger partial charge in [0.2, 0.25) is 0 Å². The van der Waals surface area contributed by atoms with Crippen LogP contribution in [0, 0.1) is 11.8 Å². The van der Waals surface area contributed by atoms with Gasteiger partial charge in [-0.25, -0.2) is 0 Å². The summed E-state index contributed by atoms with van der Waals surface area (Å²) in [7, 11) is 0. The Kier molecular flexibility index (Phi) is 9.50. The molecule has 0 amide bonds. The Labute approximate surface area is 171 Å². The van der Waals surface area contributed by atoms with E-state index < -0.39 is 0 Å². The first kappa shape index (κ1) is 21.7. The first-order chi connectivity index (χ1) is 13.4. The molecule has 2 unspecified atom stereocenters. The highest BCUT2D eigenvalue weighted by molar-refractivity contribution is 5.07. The first-order valence-electron chi connectivity index (χ1n) is 13.1. The summed E-state index contributed by atoms with van der Waals surface area (Å²) < 4.78 is 0. The van der Waals surface area contributed by atoms with Crippen LogP contribution in [0.5, 0.6) is 0 Å². The fourth-order valence-corrected chi connectivity index (χ4v) is 6.69. The minimum Gasteiger partial charge on any atom is -0.294 e. The van der Waals surface area contributed by atoms with Crippen molar-refractivity contribution in [2.24, 2.45) is 11.8 Å². The van der Waals surface area contributed by atoms with E-state index in [9.17, 15) is 0 Å². The average Bonchev–Trinajstić information content (AvgIpc) is 3.39. The zero-order chi connectivity index (χ0) is 18.9. The van der Waals surface area contributed by atoms with Gasteiger partial charge in [0.1, 0.15) is 0 Å². The van der Waals surface area contributed by atoms with E-state index in [-0.39, 0.29) is 0 Å². The van der Waals surface area contributed by atoms with E-state index in [0.717, 1.165) is 30.0 Å². The second-order valence-electron chi connectivity index (χ2n) is 10.1. The van der Waals surface area contributed by atoms with Crippen LogP contribution in [0.2, 0.25) is 0 Å². The van der Waals surface area contributed by atoms with E-state index in [2.05, 4.69) is 18.7 Å². The summed E-state index contributed by atoms with van der Waals surface area (Å²) in [6.45, 7) is 4.92. The van der Waals surface area contributed by atoms with Gasteiger partial charge >= 0.3 is 0 Å². The molecular weight excluding hydrogens is 326 g/mol. The van der Waals surface area contributed by atoms with Crippen LogP contribution in [0.25, 0.3) is 0 Å². The molecular formula is C26H49N. The molecule has 0 aromatic rings. The molecule has 0 aromatic heterocycles. The van der Waals surface area contributed by atoms with Gasteiger partial charge in [-0.15, -0.1) is 0 Å². The van der Waals surface area contributed by atoms with Crippen LogP contribution in [0.15, 0.2) is 0 Å². The van der Waals surface area contributed by atoms with E-state index in [4.69, 9.17) is 0 Å². The predicted molar refractivity (Wildman–Crippen MR) is 119 cm³/mol. The Morgan fingerprint density at radius 2 is 0.926 bits per heavy atom. The van der Waals surface area contributed by atoms with Crippen molar-refractivity contribution >= 4 is 0 Å². The fraction of sp³-hybridized carbons (Fsp3) is 1.00. The molecule has 1 nitrogen and oxygen atoms in total. The maximum Gasteiger partial charge on any atom is 0.0164 e. The van der Waals surface area contributed by atoms with Gasteiger partial charge in [-0.3, -0.25) is 4.90 Å². The lowest BCUT2D eigenvalue weighted by molar-refractivity contribution is 0.0860. The van der Waals surface area contributed by atoms with E-state index in [1.54, 1.807) is 12.8 Å². The van der Waals surface area contributed by atoms with Crippen molar-refractivity contribution in [2.75, 3.05) is 0 Å². The van der Waals surface area contributed by atoms with Crippen LogP contribution < -0.4 is 0 Å². The number of fused-ring (bicyclic) bond motifs is 1. The van der Waals surface area contributed by atoms with E-state index in [1.807, 2.05) is 0 Å². The Bertz CT molecular complexity index is 362. The van der Waals surface area contributed by atoms with Gasteiger partial charge in [-0.05, 0) is 50.4 Å². The van der Waals surface area contributed by atoms with Crippen LogP contribution >= 0.6 is 0 Å². The van der Waals surface area contributed by atoms with Crippen LogP contribution in [-0.4, -0.2) is 23.0 Å². The third-order valence-corrected chi connectivity index (χ3v) is 8.32. The zero-order valence-electron chi connectivity index (χ0n) is 18.8. The molecule has 3 rings (SSSR count). The van der Waals surface area contributed by atoms with Crippen LogP contribution in [-0.2, 0) is 0 Å². The molecule has 0 spiro atoms. The number of rotatable bonds is 5. The molecule has 27 heavy (non-hydrogen) atoms. The van der Waals surface area contributed by atoms with Crippen LogP contribution in [0.4, 0.5) is 0 Å². The summed E-state index contributed by atoms with van der Waals surface area (Å²) >= 11 is 0. The standard InChI is InChI=1S/C26H49N/c1-3-22(4-2)27(23-18-14-10-6-5-7-11-15-19-23)26-24-20-16-12-8-9-13-17-21-25(24)26/h22-26H,3-21H2,1-2H3. The van der Waals surface area contributed by atoms with Crippen LogP contribution in [0.1, 0.15) is 136 Å². The zero-order valence-corrected chi connectivity index (χ0v) is 18.8. The van der Waals surface area contributed by atoms with Gasteiger partial charge in [-0.2, -0.15) is 0 Å². The van der Waals surface area contributed by atoms with E-state index >= 15 is 0 Å². The van der Waals surface area contributed by atoms with E-state index in [0.29, 0.717) is 0 Å². The number of nitrogens with zero attached hydrogens (tertiary/aromatic N) is 1. The SMILES string of the molecule is CCC(CC)N(C1CCCCCCCCC1)C1C2CCCCCCCCC21. The highest BCUT2D eigenvalue weighted by Gasteiger charge is 2.54. The summed E-state index contributed by atoms with van der Waals surface area (Å²) in [5.41, 5.74) is 0. The van der Waals surface area contributed by atoms with Gasteiger partial charge in [0, 0.05) is 18.1 Å². The van der Waals surface area contributed by atoms with Gasteiger partial charge in [0.05, 0.1) is 0 Å². The molecule has 0 aromatic carbocycles. The van der Waals surface area contributed by atoms with Gasteiger partial charge in [0.15, 0.2) is 0 Å². The molecule has 3 saturated carbocycles. The molecule has 0 N–H and O–H groups in total. The van der Waals surface area contributed by atoms with Crippen molar-refractivity contribution in [3.63, 3.8) is 0 Å². The summed E-state index contributed by atoms with van der Waals surface area (Å²) in [6.07, 6.45) is 28.3. The molecule has 158 valence electrons. The normalized spacial score (nSPS) is 32.2. The summed E-state index contributed by atoms with van der Waals surface area (Å²) in [4.78, 5) is 3.16. The van der Waals surface area contributed by atoms with Crippen molar-refractivity contribution in [2.45, 2.75) is 154 Å². The first-order valence-corrected chi connectivity index (χ1v) is 13.1. The molecule has 0 bridgehead atoms. The van der Waals surface area contributed by atoms with Crippen molar-refractivity contribution < 1.29 is 0 Å². The summed E-state index contributed by atoms with van der Waals surface area (Å²) in [5, 5.41) is 0. The smallest absolute Gasteiger partial charge is 0.0164 e. The average molecular weight is 376 g/mol. The molecule has 2 atom stereocenters. The quantitative estimate of drug-likeness (QED) is 0.469. The summed E-state index contributed by atoms with van der Waals surface area (Å²) in [5.74, 6) is 2.11. The second kappa shape index (κ2) is 11.8. The van der Waals surface area contributed by atoms with Crippen molar-refractivity contribution in [3.05, 3.63) is 0 Å². The van der Waals surface area contributed by atoms with Gasteiger partial charge < -0.3 is 0 Å². The molecule has 1 heteroatoms. The third kappa shape index (κ3) is 6.22. The molecule has 3 fully saturated rings. The topological polar surface area (TPSA) is 3.24 Å². The van der Waals surface area contributed by atoms with Crippen LogP contribution in [0.3, 0.4) is 0 Å². The Morgan fingerprint density at radius 1 is 0.556 bits per heavy atom. The monoisotopic (exact) mass is 375 g/mol. The number of hydrogen-bond acceptors (Lipinski definition) is 1. The number of hydrogen-bond donors (Lipinski definition) is 0. The lowest BCUT2D eigenvalue weighted by Crippen LogP contribution is -2.45. The molecule has 0 heterocycles. The highest BCUT2D eigenvalue weighted by atomic mass is 15.3. The Hall–Kier alpha value is -0.0400. The van der Waals surface area contributed by atoms with Crippen molar-refractivity contribution in [3.8, 4) is 0 Å². The van der Waals surface area contributed by atoms with Crippen molar-refractivity contribution in [1.29, 1.82) is 0 Å². The Balaban J connectivity index is 1.71. The Morgan fingerprint density at radius 3 is 1.33 bits per heavy atom. The van der Waals surface area contributed by atoms with Crippen molar-refractivity contribution in [1.82, 2.24) is 4.90 Å². The van der Waals surface area contributed by atoms with Gasteiger partial charge in [-0.1, -0.05) is 97.3 Å². The lowest BCUT2D eigenvalue weighted by Gasteiger charge is -2.39. The fourth-order valence-electron chi connectivity index (χ4n) is 6.69. The van der Waals surface area contributed by atoms with E-state index in [1.165, 1.54) is 109 Å². The van der Waals surface area contributed by atoms with Gasteiger partial charge in [0.25, 0.3) is 0 Å². The lowest BCUT2D eigenvalue weighted by atomic mass is 9.94. The summed E-state index contributed by atoms with van der Waals surface area (Å²) in [6, 6.07) is 2.71. The molecule has 3 aliphatic rings. The molecule has 0 radical (unpaired) electrons. The third-order valence-electron chi connectivity index (χ3n) is 8.32. The second-order valence-corrected chi connectivity index (χ2v) is 10.1. The largest absolute Gasteiger partial charge is 0.294 e. The molecule has 0 aliphatic heterocycles. The molecule has 3 aliphatic carbocycles. The maximum absolute atomic E-state index is 3.16. The highest BCUT2D eigenvalue weighted by Crippen LogP contribution is 2.52. The molecule has 0 saturated heterocycles. The minimum atomic E-state index is 0.848. The minimum absolute atomic E-state index is 0.848.